The second-order valence-electron chi connectivity index (χ2n) is 5.84. The quantitative estimate of drug-likeness (QED) is 0.693. The number of nitrogens with one attached hydrogen (secondary N) is 1. The van der Waals surface area contributed by atoms with Gasteiger partial charge in [0.25, 0.3) is 5.91 Å². The molecule has 2 aromatic carbocycles. The monoisotopic (exact) mass is 391 g/mol. The first-order valence-electron chi connectivity index (χ1n) is 8.35. The van der Waals surface area contributed by atoms with Crippen LogP contribution in [0.5, 0.6) is 11.5 Å². The van der Waals surface area contributed by atoms with Gasteiger partial charge in [-0.3, -0.25) is 9.59 Å². The lowest BCUT2D eigenvalue weighted by Gasteiger charge is -2.10. The van der Waals surface area contributed by atoms with Gasteiger partial charge in [-0.1, -0.05) is 17.7 Å². The maximum Gasteiger partial charge on any atom is 0.306 e. The highest BCUT2D eigenvalue weighted by molar-refractivity contribution is 6.31. The maximum atomic E-state index is 12.0. The fourth-order valence-corrected chi connectivity index (χ4v) is 2.58. The number of aryl methyl sites for hydroxylation is 1. The van der Waals surface area contributed by atoms with Crippen LogP contribution in [-0.4, -0.2) is 32.7 Å². The first-order chi connectivity index (χ1) is 12.9. The lowest BCUT2D eigenvalue weighted by Crippen LogP contribution is -2.21. The summed E-state index contributed by atoms with van der Waals surface area (Å²) < 4.78 is 15.4. The predicted octanol–water partition coefficient (Wildman–Crippen LogP) is 3.78. The van der Waals surface area contributed by atoms with Crippen LogP contribution < -0.4 is 14.8 Å². The van der Waals surface area contributed by atoms with E-state index in [-0.39, 0.29) is 13.0 Å². The van der Waals surface area contributed by atoms with Gasteiger partial charge in [-0.05, 0) is 48.7 Å². The van der Waals surface area contributed by atoms with E-state index in [4.69, 9.17) is 25.8 Å². The smallest absolute Gasteiger partial charge is 0.306 e. The van der Waals surface area contributed by atoms with Crippen LogP contribution in [0.2, 0.25) is 5.02 Å². The molecule has 0 saturated heterocycles. The van der Waals surface area contributed by atoms with Gasteiger partial charge in [0.05, 0.1) is 14.2 Å². The van der Waals surface area contributed by atoms with E-state index in [1.54, 1.807) is 45.4 Å². The van der Waals surface area contributed by atoms with E-state index >= 15 is 0 Å². The molecule has 0 spiro atoms. The Bertz CT molecular complexity index is 800. The molecule has 27 heavy (non-hydrogen) atoms. The zero-order valence-corrected chi connectivity index (χ0v) is 16.3. The van der Waals surface area contributed by atoms with E-state index in [1.165, 1.54) is 0 Å². The molecule has 0 radical (unpaired) electrons. The Morgan fingerprint density at radius 3 is 2.37 bits per heavy atom. The van der Waals surface area contributed by atoms with Crippen LogP contribution in [0.1, 0.15) is 17.5 Å². The second-order valence-corrected chi connectivity index (χ2v) is 6.25. The number of benzene rings is 2. The number of amides is 1. The minimum absolute atomic E-state index is 0.139. The third-order valence-electron chi connectivity index (χ3n) is 3.94. The molecule has 0 saturated carbocycles. The molecule has 0 heterocycles. The van der Waals surface area contributed by atoms with Gasteiger partial charge in [-0.2, -0.15) is 0 Å². The molecule has 0 bridgehead atoms. The van der Waals surface area contributed by atoms with Gasteiger partial charge in [0.15, 0.2) is 6.61 Å². The SMILES string of the molecule is COc1cc(CCC(=O)OCC(=O)Nc2cccc(Cl)c2C)cc(OC)c1. The lowest BCUT2D eigenvalue weighted by molar-refractivity contribution is -0.147. The van der Waals surface area contributed by atoms with E-state index in [0.717, 1.165) is 11.1 Å². The first-order valence-corrected chi connectivity index (χ1v) is 8.73. The third-order valence-corrected chi connectivity index (χ3v) is 4.34. The van der Waals surface area contributed by atoms with Crippen molar-refractivity contribution in [2.24, 2.45) is 0 Å². The minimum Gasteiger partial charge on any atom is -0.497 e. The van der Waals surface area contributed by atoms with E-state index < -0.39 is 11.9 Å². The van der Waals surface area contributed by atoms with E-state index in [0.29, 0.717) is 28.6 Å². The molecule has 0 fully saturated rings. The molecule has 6 nitrogen and oxygen atoms in total. The Morgan fingerprint density at radius 1 is 1.07 bits per heavy atom. The number of hydrogen-bond acceptors (Lipinski definition) is 5. The minimum atomic E-state index is -0.463. The Hall–Kier alpha value is -2.73. The highest BCUT2D eigenvalue weighted by Gasteiger charge is 2.11. The summed E-state index contributed by atoms with van der Waals surface area (Å²) in [5.74, 6) is 0.412. The molecule has 7 heteroatoms. The molecule has 0 aromatic heterocycles. The van der Waals surface area contributed by atoms with Crippen molar-refractivity contribution < 1.29 is 23.8 Å². The van der Waals surface area contributed by atoms with Crippen LogP contribution in [0.4, 0.5) is 5.69 Å². The average molecular weight is 392 g/mol. The highest BCUT2D eigenvalue weighted by atomic mass is 35.5. The second kappa shape index (κ2) is 9.83. The van der Waals surface area contributed by atoms with Gasteiger partial charge in [0.1, 0.15) is 11.5 Å². The van der Waals surface area contributed by atoms with Crippen LogP contribution in [0.25, 0.3) is 0 Å². The van der Waals surface area contributed by atoms with E-state index in [9.17, 15) is 9.59 Å². The van der Waals surface area contributed by atoms with Crippen molar-refractivity contribution in [3.63, 3.8) is 0 Å². The van der Waals surface area contributed by atoms with Crippen molar-refractivity contribution in [1.29, 1.82) is 0 Å². The standard InChI is InChI=1S/C20H22ClNO5/c1-13-17(21)5-4-6-18(13)22-19(23)12-27-20(24)8-7-14-9-15(25-2)11-16(10-14)26-3/h4-6,9-11H,7-8,12H2,1-3H3,(H,22,23). The summed E-state index contributed by atoms with van der Waals surface area (Å²) in [6.07, 6.45) is 0.585. The summed E-state index contributed by atoms with van der Waals surface area (Å²) in [6.45, 7) is 1.44. The number of esters is 1. The van der Waals surface area contributed by atoms with Crippen molar-refractivity contribution in [2.45, 2.75) is 19.8 Å². The molecular formula is C20H22ClNO5. The molecule has 1 amide bonds. The zero-order chi connectivity index (χ0) is 19.8. The number of methoxy groups -OCH3 is 2. The summed E-state index contributed by atoms with van der Waals surface area (Å²) in [5.41, 5.74) is 2.22. The number of carbonyl (C=O) groups excluding carboxylic acids is 2. The summed E-state index contributed by atoms with van der Waals surface area (Å²) in [7, 11) is 3.13. The Balaban J connectivity index is 1.82. The van der Waals surface area contributed by atoms with Crippen molar-refractivity contribution >= 4 is 29.2 Å². The molecule has 2 aromatic rings. The van der Waals surface area contributed by atoms with Gasteiger partial charge >= 0.3 is 5.97 Å². The number of ether oxygens (including phenoxy) is 3. The Morgan fingerprint density at radius 2 is 1.74 bits per heavy atom. The summed E-state index contributed by atoms with van der Waals surface area (Å²) in [5, 5.41) is 3.23. The maximum absolute atomic E-state index is 12.0. The summed E-state index contributed by atoms with van der Waals surface area (Å²) >= 11 is 6.01. The molecule has 0 unspecified atom stereocenters. The van der Waals surface area contributed by atoms with Crippen molar-refractivity contribution in [3.05, 3.63) is 52.5 Å². The number of anilines is 1. The average Bonchev–Trinajstić information content (AvgIpc) is 2.68. The van der Waals surface area contributed by atoms with Crippen LogP contribution >= 0.6 is 11.6 Å². The van der Waals surface area contributed by atoms with Crippen LogP contribution in [0.15, 0.2) is 36.4 Å². The predicted molar refractivity (Wildman–Crippen MR) is 104 cm³/mol. The fourth-order valence-electron chi connectivity index (χ4n) is 2.40. The summed E-state index contributed by atoms with van der Waals surface area (Å²) in [6, 6.07) is 10.6. The molecule has 1 N–H and O–H groups in total. The van der Waals surface area contributed by atoms with E-state index in [2.05, 4.69) is 5.32 Å². The van der Waals surface area contributed by atoms with Crippen molar-refractivity contribution in [3.8, 4) is 11.5 Å². The van der Waals surface area contributed by atoms with Gasteiger partial charge in [-0.25, -0.2) is 0 Å². The van der Waals surface area contributed by atoms with Crippen LogP contribution in [0.3, 0.4) is 0 Å². The van der Waals surface area contributed by atoms with E-state index in [1.807, 2.05) is 12.1 Å². The molecule has 0 aliphatic heterocycles. The topological polar surface area (TPSA) is 73.9 Å². The number of halogens is 1. The summed E-state index contributed by atoms with van der Waals surface area (Å²) in [4.78, 5) is 23.9. The number of carbonyl (C=O) groups is 2. The first kappa shape index (κ1) is 20.6. The molecule has 2 rings (SSSR count). The number of hydrogen-bond donors (Lipinski definition) is 1. The molecule has 0 atom stereocenters. The largest absolute Gasteiger partial charge is 0.497 e. The van der Waals surface area contributed by atoms with Crippen LogP contribution in [-0.2, 0) is 20.7 Å². The number of rotatable bonds is 8. The van der Waals surface area contributed by atoms with Gasteiger partial charge in [-0.15, -0.1) is 0 Å². The molecule has 144 valence electrons. The van der Waals surface area contributed by atoms with Crippen LogP contribution in [0, 0.1) is 6.92 Å². The van der Waals surface area contributed by atoms with Gasteiger partial charge in [0, 0.05) is 23.2 Å². The van der Waals surface area contributed by atoms with Gasteiger partial charge < -0.3 is 19.5 Å². The molecule has 0 aliphatic rings. The Labute approximate surface area is 163 Å². The lowest BCUT2D eigenvalue weighted by atomic mass is 10.1. The fraction of sp³-hybridized carbons (Fsp3) is 0.300. The zero-order valence-electron chi connectivity index (χ0n) is 15.5. The third kappa shape index (κ3) is 6.18. The molecule has 0 aliphatic carbocycles. The Kier molecular flexibility index (Phi) is 7.49. The van der Waals surface area contributed by atoms with Crippen molar-refractivity contribution in [2.75, 3.05) is 26.1 Å². The van der Waals surface area contributed by atoms with Crippen molar-refractivity contribution in [1.82, 2.24) is 0 Å². The normalized spacial score (nSPS) is 10.2. The van der Waals surface area contributed by atoms with Gasteiger partial charge in [0.2, 0.25) is 0 Å². The highest BCUT2D eigenvalue weighted by Crippen LogP contribution is 2.24. The molecular weight excluding hydrogens is 370 g/mol.